The van der Waals surface area contributed by atoms with Gasteiger partial charge in [-0.3, -0.25) is 9.88 Å². The third kappa shape index (κ3) is 5.63. The molecule has 1 saturated heterocycles. The normalized spacial score (nSPS) is 16.2. The number of ether oxygens (including phenoxy) is 1. The molecule has 0 radical (unpaired) electrons. The zero-order chi connectivity index (χ0) is 26.7. The monoisotopic (exact) mass is 513 g/mol. The van der Waals surface area contributed by atoms with E-state index in [2.05, 4.69) is 71.1 Å². The van der Waals surface area contributed by atoms with E-state index in [-0.39, 0.29) is 5.41 Å². The lowest BCUT2D eigenvalue weighted by Crippen LogP contribution is -2.31. The Hall–Kier alpha value is -3.58. The highest BCUT2D eigenvalue weighted by Gasteiger charge is 2.22. The van der Waals surface area contributed by atoms with Crippen molar-refractivity contribution < 1.29 is 9.13 Å². The molecule has 0 amide bonds. The van der Waals surface area contributed by atoms with Gasteiger partial charge in [0.2, 0.25) is 0 Å². The molecule has 6 nitrogen and oxygen atoms in total. The lowest BCUT2D eigenvalue weighted by atomic mass is 9.86. The van der Waals surface area contributed by atoms with Gasteiger partial charge in [-0.2, -0.15) is 0 Å². The quantitative estimate of drug-likeness (QED) is 0.272. The number of hydrogen-bond donors (Lipinski definition) is 1. The van der Waals surface area contributed by atoms with E-state index >= 15 is 0 Å². The summed E-state index contributed by atoms with van der Waals surface area (Å²) in [5.41, 5.74) is 4.81. The SMILES string of the molecule is C[C@@H]1CCCN1CCOc1cc(Nc2ncnc3cc(-c4ncccc4CF)ccc23)ccc1C(C)(C)C. The van der Waals surface area contributed by atoms with E-state index in [1.807, 2.05) is 18.2 Å². The van der Waals surface area contributed by atoms with Crippen molar-refractivity contribution in [2.75, 3.05) is 25.0 Å². The lowest BCUT2D eigenvalue weighted by Gasteiger charge is -2.25. The average molecular weight is 514 g/mol. The highest BCUT2D eigenvalue weighted by molar-refractivity contribution is 5.93. The minimum absolute atomic E-state index is 0.0449. The molecule has 0 bridgehead atoms. The van der Waals surface area contributed by atoms with E-state index < -0.39 is 6.67 Å². The predicted molar refractivity (Wildman–Crippen MR) is 152 cm³/mol. The molecule has 38 heavy (non-hydrogen) atoms. The number of nitrogens with one attached hydrogen (secondary N) is 1. The molecule has 1 N–H and O–H groups in total. The number of anilines is 2. The van der Waals surface area contributed by atoms with Crippen LogP contribution in [0.15, 0.2) is 61.1 Å². The van der Waals surface area contributed by atoms with Gasteiger partial charge < -0.3 is 10.1 Å². The van der Waals surface area contributed by atoms with Crippen molar-refractivity contribution in [3.8, 4) is 17.0 Å². The van der Waals surface area contributed by atoms with Crippen LogP contribution < -0.4 is 10.1 Å². The fourth-order valence-corrected chi connectivity index (χ4v) is 5.18. The number of alkyl halides is 1. The van der Waals surface area contributed by atoms with Gasteiger partial charge in [0, 0.05) is 47.1 Å². The summed E-state index contributed by atoms with van der Waals surface area (Å²) in [6.07, 6.45) is 5.75. The third-order valence-corrected chi connectivity index (χ3v) is 7.32. The van der Waals surface area contributed by atoms with Gasteiger partial charge in [0.1, 0.15) is 31.2 Å². The van der Waals surface area contributed by atoms with Gasteiger partial charge in [-0.1, -0.05) is 39.0 Å². The first-order valence-electron chi connectivity index (χ1n) is 13.4. The van der Waals surface area contributed by atoms with Crippen LogP contribution >= 0.6 is 0 Å². The van der Waals surface area contributed by atoms with Gasteiger partial charge in [-0.25, -0.2) is 14.4 Å². The maximum atomic E-state index is 13.5. The number of nitrogens with zero attached hydrogens (tertiary/aromatic N) is 4. The van der Waals surface area contributed by atoms with Crippen LogP contribution in [0.3, 0.4) is 0 Å². The van der Waals surface area contributed by atoms with E-state index in [0.29, 0.717) is 29.7 Å². The molecular formula is C31H36FN5O. The number of benzene rings is 2. The number of likely N-dealkylation sites (tertiary alicyclic amines) is 1. The second-order valence-electron chi connectivity index (χ2n) is 11.1. The van der Waals surface area contributed by atoms with Crippen molar-refractivity contribution in [3.63, 3.8) is 0 Å². The molecule has 2 aromatic heterocycles. The van der Waals surface area contributed by atoms with E-state index in [9.17, 15) is 4.39 Å². The van der Waals surface area contributed by atoms with Crippen LogP contribution in [-0.2, 0) is 12.1 Å². The first-order chi connectivity index (χ1) is 18.3. The predicted octanol–water partition coefficient (Wildman–Crippen LogP) is 7.07. The molecule has 0 spiro atoms. The molecule has 0 saturated carbocycles. The molecule has 5 rings (SSSR count). The fourth-order valence-electron chi connectivity index (χ4n) is 5.18. The fraction of sp³-hybridized carbons (Fsp3) is 0.387. The molecule has 198 valence electrons. The molecule has 1 fully saturated rings. The summed E-state index contributed by atoms with van der Waals surface area (Å²) in [7, 11) is 0. The standard InChI is InChI=1S/C31H36FN5O/c1-21-7-6-14-37(21)15-16-38-28-18-24(10-12-26(28)31(2,3)4)36-30-25-11-9-22(17-27(25)34-20-35-30)29-23(19-32)8-5-13-33-29/h5,8-13,17-18,20-21H,6-7,14-16,19H2,1-4H3,(H,34,35,36)/t21-/m1/s1. The molecule has 7 heteroatoms. The average Bonchev–Trinajstić information content (AvgIpc) is 3.32. The maximum absolute atomic E-state index is 13.5. The second kappa shape index (κ2) is 11.0. The van der Waals surface area contributed by atoms with Crippen LogP contribution in [0.5, 0.6) is 5.75 Å². The zero-order valence-corrected chi connectivity index (χ0v) is 22.7. The topological polar surface area (TPSA) is 63.2 Å². The van der Waals surface area contributed by atoms with Crippen molar-refractivity contribution in [2.45, 2.75) is 58.7 Å². The van der Waals surface area contributed by atoms with Crippen molar-refractivity contribution in [1.82, 2.24) is 19.9 Å². The minimum atomic E-state index is -0.566. The van der Waals surface area contributed by atoms with Gasteiger partial charge in [0.25, 0.3) is 0 Å². The smallest absolute Gasteiger partial charge is 0.141 e. The third-order valence-electron chi connectivity index (χ3n) is 7.32. The Morgan fingerprint density at radius 1 is 1.08 bits per heavy atom. The molecule has 4 aromatic rings. The van der Waals surface area contributed by atoms with Crippen molar-refractivity contribution in [1.29, 1.82) is 0 Å². The number of pyridine rings is 1. The zero-order valence-electron chi connectivity index (χ0n) is 22.7. The Bertz CT molecular complexity index is 1420. The molecule has 0 aliphatic carbocycles. The lowest BCUT2D eigenvalue weighted by molar-refractivity contribution is 0.202. The molecule has 1 aliphatic rings. The van der Waals surface area contributed by atoms with Gasteiger partial charge >= 0.3 is 0 Å². The number of halogens is 1. The van der Waals surface area contributed by atoms with Gasteiger partial charge in [0.15, 0.2) is 0 Å². The van der Waals surface area contributed by atoms with E-state index in [1.54, 1.807) is 24.7 Å². The highest BCUT2D eigenvalue weighted by Crippen LogP contribution is 2.35. The molecule has 1 aliphatic heterocycles. The Morgan fingerprint density at radius 2 is 1.95 bits per heavy atom. The summed E-state index contributed by atoms with van der Waals surface area (Å²) in [4.78, 5) is 15.9. The first-order valence-corrected chi connectivity index (χ1v) is 13.4. The summed E-state index contributed by atoms with van der Waals surface area (Å²) < 4.78 is 19.9. The molecular weight excluding hydrogens is 477 g/mol. The van der Waals surface area contributed by atoms with Crippen molar-refractivity contribution >= 4 is 22.4 Å². The summed E-state index contributed by atoms with van der Waals surface area (Å²) in [5.74, 6) is 1.59. The Kier molecular flexibility index (Phi) is 7.56. The molecule has 3 heterocycles. The van der Waals surface area contributed by atoms with Gasteiger partial charge in [-0.15, -0.1) is 0 Å². The largest absolute Gasteiger partial charge is 0.492 e. The van der Waals surface area contributed by atoms with Crippen LogP contribution in [0.1, 0.15) is 51.7 Å². The number of aromatic nitrogens is 3. The van der Waals surface area contributed by atoms with Gasteiger partial charge in [0.05, 0.1) is 11.2 Å². The van der Waals surface area contributed by atoms with E-state index in [0.717, 1.165) is 41.0 Å². The highest BCUT2D eigenvalue weighted by atomic mass is 19.1. The summed E-state index contributed by atoms with van der Waals surface area (Å²) in [5, 5.41) is 4.34. The van der Waals surface area contributed by atoms with Crippen molar-refractivity contribution in [3.05, 3.63) is 72.2 Å². The Balaban J connectivity index is 1.40. The van der Waals surface area contributed by atoms with Crippen LogP contribution in [0.25, 0.3) is 22.2 Å². The van der Waals surface area contributed by atoms with Crippen LogP contribution in [0.2, 0.25) is 0 Å². The van der Waals surface area contributed by atoms with E-state index in [4.69, 9.17) is 4.74 Å². The first kappa shape index (κ1) is 26.0. The number of hydrogen-bond acceptors (Lipinski definition) is 6. The van der Waals surface area contributed by atoms with Crippen LogP contribution in [-0.4, -0.2) is 45.6 Å². The van der Waals surface area contributed by atoms with Crippen LogP contribution in [0, 0.1) is 0 Å². The van der Waals surface area contributed by atoms with Gasteiger partial charge in [-0.05, 0) is 61.6 Å². The summed E-state index contributed by atoms with van der Waals surface area (Å²) in [6, 6.07) is 16.2. The van der Waals surface area contributed by atoms with Crippen molar-refractivity contribution in [2.24, 2.45) is 0 Å². The number of rotatable bonds is 8. The summed E-state index contributed by atoms with van der Waals surface area (Å²) >= 11 is 0. The second-order valence-corrected chi connectivity index (χ2v) is 11.1. The Labute approximate surface area is 224 Å². The molecule has 2 aromatic carbocycles. The Morgan fingerprint density at radius 3 is 2.71 bits per heavy atom. The molecule has 1 atom stereocenters. The number of fused-ring (bicyclic) bond motifs is 1. The summed E-state index contributed by atoms with van der Waals surface area (Å²) in [6.45, 7) is 11.1. The van der Waals surface area contributed by atoms with E-state index in [1.165, 1.54) is 18.4 Å². The van der Waals surface area contributed by atoms with Crippen LogP contribution in [0.4, 0.5) is 15.9 Å². The minimum Gasteiger partial charge on any atom is -0.492 e. The molecule has 0 unspecified atom stereocenters. The maximum Gasteiger partial charge on any atom is 0.141 e.